The number of fused-ring (bicyclic) bond motifs is 1. The van der Waals surface area contributed by atoms with Crippen molar-refractivity contribution < 1.29 is 4.79 Å². The summed E-state index contributed by atoms with van der Waals surface area (Å²) in [6.45, 7) is 6.36. The number of benzene rings is 1. The van der Waals surface area contributed by atoms with Gasteiger partial charge in [0.15, 0.2) is 0 Å². The van der Waals surface area contributed by atoms with Crippen molar-refractivity contribution in [3.05, 3.63) is 67.4 Å². The maximum absolute atomic E-state index is 12.5. The van der Waals surface area contributed by atoms with E-state index in [1.807, 2.05) is 20.8 Å². The predicted octanol–water partition coefficient (Wildman–Crippen LogP) is 1.37. The molecule has 0 saturated carbocycles. The van der Waals surface area contributed by atoms with Crippen LogP contribution in [-0.2, 0) is 6.54 Å². The van der Waals surface area contributed by atoms with Crippen LogP contribution in [0.3, 0.4) is 0 Å². The molecule has 1 aromatic carbocycles. The molecule has 7 nitrogen and oxygen atoms in total. The molecule has 0 fully saturated rings. The zero-order valence-corrected chi connectivity index (χ0v) is 14.4. The van der Waals surface area contributed by atoms with Crippen molar-refractivity contribution in [2.45, 2.75) is 27.3 Å². The Kier molecular flexibility index (Phi) is 4.31. The van der Waals surface area contributed by atoms with E-state index in [0.717, 1.165) is 27.6 Å². The van der Waals surface area contributed by atoms with Crippen molar-refractivity contribution in [1.29, 1.82) is 0 Å². The van der Waals surface area contributed by atoms with Gasteiger partial charge in [0, 0.05) is 29.6 Å². The third kappa shape index (κ3) is 3.26. The molecular weight excluding hydrogens is 320 g/mol. The van der Waals surface area contributed by atoms with E-state index in [0.29, 0.717) is 5.69 Å². The lowest BCUT2D eigenvalue weighted by atomic mass is 10.1. The highest BCUT2D eigenvalue weighted by Crippen LogP contribution is 2.25. The van der Waals surface area contributed by atoms with Gasteiger partial charge in [0.25, 0.3) is 17.0 Å². The summed E-state index contributed by atoms with van der Waals surface area (Å²) >= 11 is 0. The summed E-state index contributed by atoms with van der Waals surface area (Å²) in [4.78, 5) is 38.6. The number of aryl methyl sites for hydroxylation is 3. The average molecular weight is 340 g/mol. The Balaban J connectivity index is 1.78. The molecule has 0 unspecified atom stereocenters. The fourth-order valence-electron chi connectivity index (χ4n) is 3.01. The van der Waals surface area contributed by atoms with Gasteiger partial charge in [-0.2, -0.15) is 0 Å². The number of nitrogens with zero attached hydrogens (tertiary/aromatic N) is 1. The number of aromatic amines is 2. The van der Waals surface area contributed by atoms with Gasteiger partial charge in [-0.1, -0.05) is 11.6 Å². The van der Waals surface area contributed by atoms with Crippen LogP contribution in [0.4, 0.5) is 0 Å². The lowest BCUT2D eigenvalue weighted by Gasteiger charge is -2.06. The molecule has 3 N–H and O–H groups in total. The second kappa shape index (κ2) is 6.43. The second-order valence-electron chi connectivity index (χ2n) is 6.18. The van der Waals surface area contributed by atoms with E-state index < -0.39 is 0 Å². The van der Waals surface area contributed by atoms with Crippen molar-refractivity contribution >= 4 is 16.8 Å². The van der Waals surface area contributed by atoms with Gasteiger partial charge in [0.1, 0.15) is 5.69 Å². The maximum atomic E-state index is 12.5. The number of amides is 1. The van der Waals surface area contributed by atoms with Crippen LogP contribution in [0.2, 0.25) is 0 Å². The molecule has 0 spiro atoms. The van der Waals surface area contributed by atoms with Crippen LogP contribution >= 0.6 is 0 Å². The van der Waals surface area contributed by atoms with Gasteiger partial charge >= 0.3 is 0 Å². The SMILES string of the molecule is Cc1cc(C)c2[nH]c(C(=O)NCCn3[nH]c(=O)ccc3=O)c(C)c2c1. The lowest BCUT2D eigenvalue weighted by Crippen LogP contribution is -2.34. The van der Waals surface area contributed by atoms with E-state index in [2.05, 4.69) is 27.5 Å². The summed E-state index contributed by atoms with van der Waals surface area (Å²) in [5.41, 5.74) is 3.92. The van der Waals surface area contributed by atoms with Crippen LogP contribution in [0.15, 0.2) is 33.9 Å². The van der Waals surface area contributed by atoms with Crippen LogP contribution in [0.5, 0.6) is 0 Å². The molecule has 0 saturated heterocycles. The van der Waals surface area contributed by atoms with Gasteiger partial charge in [-0.3, -0.25) is 19.5 Å². The molecule has 0 atom stereocenters. The normalized spacial score (nSPS) is 11.0. The molecule has 0 bridgehead atoms. The minimum Gasteiger partial charge on any atom is -0.350 e. The minimum absolute atomic E-state index is 0.193. The number of rotatable bonds is 4. The predicted molar refractivity (Wildman–Crippen MR) is 96.2 cm³/mol. The van der Waals surface area contributed by atoms with Crippen molar-refractivity contribution in [1.82, 2.24) is 20.1 Å². The Morgan fingerprint density at radius 3 is 2.68 bits per heavy atom. The van der Waals surface area contributed by atoms with E-state index >= 15 is 0 Å². The monoisotopic (exact) mass is 340 g/mol. The minimum atomic E-state index is -0.358. The van der Waals surface area contributed by atoms with Gasteiger partial charge in [-0.05, 0) is 38.0 Å². The summed E-state index contributed by atoms with van der Waals surface area (Å²) in [6.07, 6.45) is 0. The molecule has 0 aliphatic heterocycles. The number of carbonyl (C=O) groups excluding carboxylic acids is 1. The summed E-state index contributed by atoms with van der Waals surface area (Å²) in [6, 6.07) is 6.50. The first kappa shape index (κ1) is 16.8. The molecule has 2 heterocycles. The molecule has 1 amide bonds. The molecule has 130 valence electrons. The van der Waals surface area contributed by atoms with Crippen LogP contribution < -0.4 is 16.4 Å². The zero-order valence-electron chi connectivity index (χ0n) is 14.4. The largest absolute Gasteiger partial charge is 0.350 e. The average Bonchev–Trinajstić information content (AvgIpc) is 2.88. The first-order chi connectivity index (χ1) is 11.9. The topological polar surface area (TPSA) is 99.8 Å². The Bertz CT molecular complexity index is 1070. The Morgan fingerprint density at radius 2 is 1.92 bits per heavy atom. The van der Waals surface area contributed by atoms with E-state index in [4.69, 9.17) is 0 Å². The number of aromatic nitrogens is 3. The van der Waals surface area contributed by atoms with E-state index in [1.54, 1.807) is 0 Å². The molecule has 0 aliphatic carbocycles. The highest BCUT2D eigenvalue weighted by molar-refractivity contribution is 6.01. The summed E-state index contributed by atoms with van der Waals surface area (Å²) in [5, 5.41) is 6.24. The van der Waals surface area contributed by atoms with Crippen molar-refractivity contribution in [2.75, 3.05) is 6.54 Å². The first-order valence-corrected chi connectivity index (χ1v) is 8.04. The lowest BCUT2D eigenvalue weighted by molar-refractivity contribution is 0.0947. The van der Waals surface area contributed by atoms with Gasteiger partial charge in [0.2, 0.25) is 0 Å². The fourth-order valence-corrected chi connectivity index (χ4v) is 3.01. The van der Waals surface area contributed by atoms with Gasteiger partial charge in [-0.25, -0.2) is 4.68 Å². The van der Waals surface area contributed by atoms with Gasteiger partial charge in [-0.15, -0.1) is 0 Å². The summed E-state index contributed by atoms with van der Waals surface area (Å²) < 4.78 is 1.17. The molecule has 7 heteroatoms. The number of hydrogen-bond donors (Lipinski definition) is 3. The Labute approximate surface area is 143 Å². The third-order valence-corrected chi connectivity index (χ3v) is 4.25. The fraction of sp³-hybridized carbons (Fsp3) is 0.278. The first-order valence-electron chi connectivity index (χ1n) is 8.04. The molecule has 2 aromatic heterocycles. The molecule has 0 radical (unpaired) electrons. The summed E-state index contributed by atoms with van der Waals surface area (Å²) in [5.74, 6) is -0.239. The maximum Gasteiger partial charge on any atom is 0.268 e. The molecule has 3 rings (SSSR count). The van der Waals surface area contributed by atoms with E-state index in [9.17, 15) is 14.4 Å². The molecular formula is C18H20N4O3. The standard InChI is InChI=1S/C18H20N4O3/c1-10-8-11(2)16-13(9-10)12(3)17(20-16)18(25)19-6-7-22-15(24)5-4-14(23)21-22/h4-5,8-9,20H,6-7H2,1-3H3,(H,19,25)(H,21,23). The summed E-state index contributed by atoms with van der Waals surface area (Å²) in [7, 11) is 0. The van der Waals surface area contributed by atoms with Crippen molar-refractivity contribution in [3.63, 3.8) is 0 Å². The van der Waals surface area contributed by atoms with E-state index in [-0.39, 0.29) is 30.1 Å². The van der Waals surface area contributed by atoms with Crippen LogP contribution in [0, 0.1) is 20.8 Å². The number of carbonyl (C=O) groups is 1. The van der Waals surface area contributed by atoms with Crippen LogP contribution in [-0.4, -0.2) is 27.2 Å². The van der Waals surface area contributed by atoms with Crippen molar-refractivity contribution in [2.24, 2.45) is 0 Å². The molecule has 0 aliphatic rings. The Morgan fingerprint density at radius 1 is 1.16 bits per heavy atom. The van der Waals surface area contributed by atoms with Crippen LogP contribution in [0.1, 0.15) is 27.2 Å². The highest BCUT2D eigenvalue weighted by atomic mass is 16.2. The van der Waals surface area contributed by atoms with Gasteiger partial charge < -0.3 is 10.3 Å². The third-order valence-electron chi connectivity index (χ3n) is 4.25. The molecule has 25 heavy (non-hydrogen) atoms. The van der Waals surface area contributed by atoms with Crippen LogP contribution in [0.25, 0.3) is 10.9 Å². The smallest absolute Gasteiger partial charge is 0.268 e. The highest BCUT2D eigenvalue weighted by Gasteiger charge is 2.15. The molecule has 3 aromatic rings. The zero-order chi connectivity index (χ0) is 18.1. The van der Waals surface area contributed by atoms with E-state index in [1.165, 1.54) is 16.8 Å². The quantitative estimate of drug-likeness (QED) is 0.669. The van der Waals surface area contributed by atoms with Gasteiger partial charge in [0.05, 0.1) is 6.54 Å². The number of hydrogen-bond acceptors (Lipinski definition) is 3. The number of H-pyrrole nitrogens is 2. The second-order valence-corrected chi connectivity index (χ2v) is 6.18. The van der Waals surface area contributed by atoms with Crippen molar-refractivity contribution in [3.8, 4) is 0 Å². The Hall–Kier alpha value is -3.09. The number of nitrogens with one attached hydrogen (secondary N) is 3.